The number of nitrogens with one attached hydrogen (secondary N) is 1. The Morgan fingerprint density at radius 3 is 2.68 bits per heavy atom. The molecule has 19 heavy (non-hydrogen) atoms. The summed E-state index contributed by atoms with van der Waals surface area (Å²) in [6.07, 6.45) is 3.77. The summed E-state index contributed by atoms with van der Waals surface area (Å²) in [5, 5.41) is 7.69. The van der Waals surface area contributed by atoms with Crippen LogP contribution in [0.4, 0.5) is 0 Å². The Balaban J connectivity index is 2.06. The van der Waals surface area contributed by atoms with Crippen LogP contribution in [0.15, 0.2) is 39.5 Å². The lowest BCUT2D eigenvalue weighted by molar-refractivity contribution is 0.588. The van der Waals surface area contributed by atoms with E-state index < -0.39 is 0 Å². The van der Waals surface area contributed by atoms with Gasteiger partial charge >= 0.3 is 0 Å². The SMILES string of the molecule is CC(C)NCc1ccc(Cn2cc(Br)cn2)c(Br)c1. The molecule has 0 saturated heterocycles. The van der Waals surface area contributed by atoms with E-state index in [1.165, 1.54) is 11.1 Å². The molecule has 1 aromatic heterocycles. The highest BCUT2D eigenvalue weighted by Gasteiger charge is 2.04. The van der Waals surface area contributed by atoms with Gasteiger partial charge in [-0.2, -0.15) is 5.10 Å². The van der Waals surface area contributed by atoms with E-state index in [4.69, 9.17) is 0 Å². The first-order valence-corrected chi connectivity index (χ1v) is 7.82. The first-order valence-electron chi connectivity index (χ1n) is 6.23. The van der Waals surface area contributed by atoms with Crippen LogP contribution < -0.4 is 5.32 Å². The molecule has 0 spiro atoms. The van der Waals surface area contributed by atoms with Crippen molar-refractivity contribution < 1.29 is 0 Å². The maximum absolute atomic E-state index is 4.27. The van der Waals surface area contributed by atoms with E-state index >= 15 is 0 Å². The van der Waals surface area contributed by atoms with Gasteiger partial charge in [0, 0.05) is 23.3 Å². The number of hydrogen-bond donors (Lipinski definition) is 1. The molecule has 3 nitrogen and oxygen atoms in total. The average molecular weight is 387 g/mol. The lowest BCUT2D eigenvalue weighted by Gasteiger charge is -2.10. The minimum absolute atomic E-state index is 0.500. The molecule has 5 heteroatoms. The van der Waals surface area contributed by atoms with Crippen LogP contribution in [0.5, 0.6) is 0 Å². The minimum Gasteiger partial charge on any atom is -0.310 e. The predicted molar refractivity (Wildman–Crippen MR) is 85.1 cm³/mol. The van der Waals surface area contributed by atoms with Gasteiger partial charge in [0.1, 0.15) is 0 Å². The Bertz CT molecular complexity index is 549. The molecule has 1 N–H and O–H groups in total. The summed E-state index contributed by atoms with van der Waals surface area (Å²) in [5.74, 6) is 0. The summed E-state index contributed by atoms with van der Waals surface area (Å²) in [6.45, 7) is 5.96. The third-order valence-corrected chi connectivity index (χ3v) is 3.91. The smallest absolute Gasteiger partial charge is 0.0670 e. The number of rotatable bonds is 5. The van der Waals surface area contributed by atoms with Crippen LogP contribution in [-0.2, 0) is 13.1 Å². The van der Waals surface area contributed by atoms with Crippen molar-refractivity contribution in [3.05, 3.63) is 50.7 Å². The van der Waals surface area contributed by atoms with E-state index in [1.54, 1.807) is 6.20 Å². The summed E-state index contributed by atoms with van der Waals surface area (Å²) in [4.78, 5) is 0. The van der Waals surface area contributed by atoms with Gasteiger partial charge in [-0.1, -0.05) is 41.9 Å². The molecule has 0 unspecified atom stereocenters. The maximum Gasteiger partial charge on any atom is 0.0670 e. The van der Waals surface area contributed by atoms with E-state index in [1.807, 2.05) is 10.9 Å². The van der Waals surface area contributed by atoms with Crippen molar-refractivity contribution in [3.63, 3.8) is 0 Å². The van der Waals surface area contributed by atoms with Crippen LogP contribution in [0.2, 0.25) is 0 Å². The molecular formula is C14H17Br2N3. The molecule has 0 radical (unpaired) electrons. The fourth-order valence-corrected chi connectivity index (χ4v) is 2.63. The standard InChI is InChI=1S/C14H17Br2N3/c1-10(2)17-6-11-3-4-12(14(16)5-11)8-19-9-13(15)7-18-19/h3-5,7,9-10,17H,6,8H2,1-2H3. The zero-order valence-corrected chi connectivity index (χ0v) is 14.2. The van der Waals surface area contributed by atoms with E-state index in [-0.39, 0.29) is 0 Å². The van der Waals surface area contributed by atoms with Crippen molar-refractivity contribution in [2.75, 3.05) is 0 Å². The molecule has 0 atom stereocenters. The van der Waals surface area contributed by atoms with Crippen LogP contribution in [0, 0.1) is 0 Å². The van der Waals surface area contributed by atoms with Gasteiger partial charge in [0.15, 0.2) is 0 Å². The Morgan fingerprint density at radius 1 is 1.32 bits per heavy atom. The van der Waals surface area contributed by atoms with Crippen LogP contribution in [0.1, 0.15) is 25.0 Å². The van der Waals surface area contributed by atoms with Crippen molar-refractivity contribution in [3.8, 4) is 0 Å². The number of hydrogen-bond acceptors (Lipinski definition) is 2. The first-order chi connectivity index (χ1) is 9.04. The molecule has 102 valence electrons. The molecule has 0 fully saturated rings. The average Bonchev–Trinajstić information content (AvgIpc) is 2.75. The van der Waals surface area contributed by atoms with Crippen molar-refractivity contribution in [2.24, 2.45) is 0 Å². The lowest BCUT2D eigenvalue weighted by atomic mass is 10.1. The van der Waals surface area contributed by atoms with Gasteiger partial charge < -0.3 is 5.32 Å². The zero-order chi connectivity index (χ0) is 13.8. The van der Waals surface area contributed by atoms with Crippen molar-refractivity contribution in [1.82, 2.24) is 15.1 Å². The summed E-state index contributed by atoms with van der Waals surface area (Å²) in [7, 11) is 0. The second-order valence-corrected chi connectivity index (χ2v) is 6.59. The van der Waals surface area contributed by atoms with E-state index in [9.17, 15) is 0 Å². The third kappa shape index (κ3) is 4.44. The normalized spacial score (nSPS) is 11.2. The molecule has 0 aliphatic rings. The number of halogens is 2. The number of aromatic nitrogens is 2. The second-order valence-electron chi connectivity index (χ2n) is 4.82. The molecule has 2 rings (SSSR count). The van der Waals surface area contributed by atoms with Crippen LogP contribution in [-0.4, -0.2) is 15.8 Å². The van der Waals surface area contributed by atoms with Crippen LogP contribution in [0.25, 0.3) is 0 Å². The molecule has 0 bridgehead atoms. The topological polar surface area (TPSA) is 29.9 Å². The van der Waals surface area contributed by atoms with Gasteiger partial charge in [0.05, 0.1) is 17.2 Å². The number of benzene rings is 1. The van der Waals surface area contributed by atoms with E-state index in [0.717, 1.165) is 22.0 Å². The van der Waals surface area contributed by atoms with Gasteiger partial charge in [-0.25, -0.2) is 0 Å². The van der Waals surface area contributed by atoms with Crippen LogP contribution >= 0.6 is 31.9 Å². The van der Waals surface area contributed by atoms with Crippen molar-refractivity contribution in [2.45, 2.75) is 33.0 Å². The largest absolute Gasteiger partial charge is 0.310 e. The van der Waals surface area contributed by atoms with Gasteiger partial charge in [-0.3, -0.25) is 4.68 Å². The molecular weight excluding hydrogens is 370 g/mol. The maximum atomic E-state index is 4.27. The third-order valence-electron chi connectivity index (χ3n) is 2.77. The molecule has 0 amide bonds. The minimum atomic E-state index is 0.500. The quantitative estimate of drug-likeness (QED) is 0.842. The monoisotopic (exact) mass is 385 g/mol. The van der Waals surface area contributed by atoms with E-state index in [2.05, 4.69) is 74.3 Å². The Kier molecular flexibility index (Phi) is 5.19. The zero-order valence-electron chi connectivity index (χ0n) is 11.0. The fourth-order valence-electron chi connectivity index (χ4n) is 1.75. The molecule has 0 saturated carbocycles. The summed E-state index contributed by atoms with van der Waals surface area (Å²) >= 11 is 7.04. The Labute approximate surface area is 130 Å². The highest BCUT2D eigenvalue weighted by atomic mass is 79.9. The van der Waals surface area contributed by atoms with Gasteiger partial charge in [-0.05, 0) is 33.1 Å². The van der Waals surface area contributed by atoms with Gasteiger partial charge in [0.25, 0.3) is 0 Å². The lowest BCUT2D eigenvalue weighted by Crippen LogP contribution is -2.21. The molecule has 1 aromatic carbocycles. The van der Waals surface area contributed by atoms with Gasteiger partial charge in [0.2, 0.25) is 0 Å². The fraction of sp³-hybridized carbons (Fsp3) is 0.357. The molecule has 0 aliphatic heterocycles. The van der Waals surface area contributed by atoms with Gasteiger partial charge in [-0.15, -0.1) is 0 Å². The molecule has 1 heterocycles. The highest BCUT2D eigenvalue weighted by molar-refractivity contribution is 9.10. The Morgan fingerprint density at radius 2 is 2.11 bits per heavy atom. The van der Waals surface area contributed by atoms with Crippen LogP contribution in [0.3, 0.4) is 0 Å². The Hall–Kier alpha value is -0.650. The highest BCUT2D eigenvalue weighted by Crippen LogP contribution is 2.20. The first kappa shape index (κ1) is 14.8. The van der Waals surface area contributed by atoms with E-state index in [0.29, 0.717) is 6.04 Å². The van der Waals surface area contributed by atoms with Crippen molar-refractivity contribution in [1.29, 1.82) is 0 Å². The molecule has 0 aliphatic carbocycles. The predicted octanol–water partition coefficient (Wildman–Crippen LogP) is 3.95. The summed E-state index contributed by atoms with van der Waals surface area (Å²) in [6, 6.07) is 6.98. The molecule has 2 aromatic rings. The number of nitrogens with zero attached hydrogens (tertiary/aromatic N) is 2. The van der Waals surface area contributed by atoms with Crippen molar-refractivity contribution >= 4 is 31.9 Å². The summed E-state index contributed by atoms with van der Waals surface area (Å²) < 4.78 is 4.04. The summed E-state index contributed by atoms with van der Waals surface area (Å²) in [5.41, 5.74) is 2.51. The second kappa shape index (κ2) is 6.68.